The molecule has 1 fully saturated rings. The third-order valence-corrected chi connectivity index (χ3v) is 4.20. The number of aryl methyl sites for hydroxylation is 2. The maximum absolute atomic E-state index is 12.1. The van der Waals surface area contributed by atoms with E-state index < -0.39 is 0 Å². The summed E-state index contributed by atoms with van der Waals surface area (Å²) < 4.78 is 0. The maximum Gasteiger partial charge on any atom is 0.255 e. The Labute approximate surface area is 115 Å². The molecule has 4 nitrogen and oxygen atoms in total. The van der Waals surface area contributed by atoms with Gasteiger partial charge in [-0.1, -0.05) is 6.92 Å². The molecular weight excluding hydrogens is 238 g/mol. The molecule has 1 atom stereocenters. The fourth-order valence-corrected chi connectivity index (χ4v) is 3.11. The Hall–Kier alpha value is -1.16. The van der Waals surface area contributed by atoms with Crippen molar-refractivity contribution in [3.05, 3.63) is 27.4 Å². The molecule has 0 radical (unpaired) electrons. The quantitative estimate of drug-likeness (QED) is 0.881. The Morgan fingerprint density at radius 3 is 2.47 bits per heavy atom. The Balaban J connectivity index is 2.08. The third kappa shape index (κ3) is 3.44. The van der Waals surface area contributed by atoms with Crippen molar-refractivity contribution < 1.29 is 0 Å². The van der Waals surface area contributed by atoms with Crippen molar-refractivity contribution in [3.8, 4) is 0 Å². The Kier molecular flexibility index (Phi) is 4.40. The summed E-state index contributed by atoms with van der Waals surface area (Å²) in [6.07, 6.45) is 4.99. The molecule has 1 aromatic heterocycles. The smallest absolute Gasteiger partial charge is 0.255 e. The maximum atomic E-state index is 12.1. The first-order valence-corrected chi connectivity index (χ1v) is 7.31. The van der Waals surface area contributed by atoms with Crippen LogP contribution in [0, 0.1) is 19.8 Å². The van der Waals surface area contributed by atoms with Gasteiger partial charge in [-0.15, -0.1) is 0 Å². The summed E-state index contributed by atoms with van der Waals surface area (Å²) in [5.74, 6) is 1.53. The van der Waals surface area contributed by atoms with E-state index in [1.54, 1.807) is 0 Å². The van der Waals surface area contributed by atoms with Crippen LogP contribution < -0.4 is 10.9 Å². The molecular formula is C15H25N3O. The zero-order valence-corrected chi connectivity index (χ0v) is 12.4. The molecule has 0 aliphatic heterocycles. The van der Waals surface area contributed by atoms with Gasteiger partial charge >= 0.3 is 0 Å². The molecule has 0 saturated heterocycles. The molecule has 1 aliphatic rings. The van der Waals surface area contributed by atoms with Crippen LogP contribution in [0.3, 0.4) is 0 Å². The highest BCUT2D eigenvalue weighted by Gasteiger charge is 2.22. The minimum atomic E-state index is -0.00539. The normalized spacial score (nSPS) is 25.3. The summed E-state index contributed by atoms with van der Waals surface area (Å²) in [4.78, 5) is 19.2. The average molecular weight is 263 g/mol. The number of aromatic amines is 1. The lowest BCUT2D eigenvalue weighted by Gasteiger charge is -2.29. The van der Waals surface area contributed by atoms with E-state index in [1.165, 1.54) is 25.7 Å². The summed E-state index contributed by atoms with van der Waals surface area (Å²) in [6.45, 7) is 8.11. The highest BCUT2D eigenvalue weighted by Crippen LogP contribution is 2.25. The Morgan fingerprint density at radius 1 is 1.26 bits per heavy atom. The van der Waals surface area contributed by atoms with Gasteiger partial charge < -0.3 is 10.3 Å². The van der Waals surface area contributed by atoms with Crippen LogP contribution in [0.5, 0.6) is 0 Å². The summed E-state index contributed by atoms with van der Waals surface area (Å²) in [7, 11) is 0. The lowest BCUT2D eigenvalue weighted by molar-refractivity contribution is 0.291. The van der Waals surface area contributed by atoms with Gasteiger partial charge in [-0.05, 0) is 52.4 Å². The van der Waals surface area contributed by atoms with Gasteiger partial charge in [0.25, 0.3) is 5.56 Å². The Bertz CT molecular complexity index is 487. The van der Waals surface area contributed by atoms with E-state index in [2.05, 4.69) is 29.1 Å². The van der Waals surface area contributed by atoms with Crippen LogP contribution in [-0.4, -0.2) is 16.0 Å². The summed E-state index contributed by atoms with van der Waals surface area (Å²) in [5.41, 5.74) is 1.61. The van der Waals surface area contributed by atoms with Gasteiger partial charge in [0, 0.05) is 17.8 Å². The first-order chi connectivity index (χ1) is 8.97. The molecule has 1 saturated carbocycles. The van der Waals surface area contributed by atoms with Crippen LogP contribution in [-0.2, 0) is 0 Å². The zero-order chi connectivity index (χ0) is 14.0. The van der Waals surface area contributed by atoms with Gasteiger partial charge in [-0.25, -0.2) is 4.98 Å². The van der Waals surface area contributed by atoms with E-state index >= 15 is 0 Å². The predicted octanol–water partition coefficient (Wildman–Crippen LogP) is 2.62. The minimum Gasteiger partial charge on any atom is -0.310 e. The minimum absolute atomic E-state index is 0.00539. The lowest BCUT2D eigenvalue weighted by atomic mass is 9.87. The second-order valence-corrected chi connectivity index (χ2v) is 6.00. The summed E-state index contributed by atoms with van der Waals surface area (Å²) >= 11 is 0. The zero-order valence-electron chi connectivity index (χ0n) is 12.4. The topological polar surface area (TPSA) is 57.8 Å². The van der Waals surface area contributed by atoms with E-state index in [0.717, 1.165) is 17.2 Å². The number of aromatic nitrogens is 2. The third-order valence-electron chi connectivity index (χ3n) is 4.20. The van der Waals surface area contributed by atoms with Crippen molar-refractivity contribution in [2.75, 3.05) is 0 Å². The monoisotopic (exact) mass is 263 g/mol. The first kappa shape index (κ1) is 14.3. The fourth-order valence-electron chi connectivity index (χ4n) is 3.11. The lowest BCUT2D eigenvalue weighted by Crippen LogP contribution is -2.37. The summed E-state index contributed by atoms with van der Waals surface area (Å²) in [5, 5.41) is 3.60. The highest BCUT2D eigenvalue weighted by molar-refractivity contribution is 5.20. The van der Waals surface area contributed by atoms with Crippen molar-refractivity contribution in [2.45, 2.75) is 65.5 Å². The molecule has 4 heteroatoms. The number of nitrogens with zero attached hydrogens (tertiary/aromatic N) is 1. The van der Waals surface area contributed by atoms with Gasteiger partial charge in [-0.2, -0.15) is 0 Å². The van der Waals surface area contributed by atoms with Gasteiger partial charge in [0.15, 0.2) is 0 Å². The van der Waals surface area contributed by atoms with Gasteiger partial charge in [0.05, 0.1) is 5.56 Å². The molecule has 1 aliphatic carbocycles. The second-order valence-electron chi connectivity index (χ2n) is 6.00. The van der Waals surface area contributed by atoms with E-state index in [4.69, 9.17) is 0 Å². The van der Waals surface area contributed by atoms with E-state index in [0.29, 0.717) is 11.9 Å². The van der Waals surface area contributed by atoms with Crippen LogP contribution in [0.4, 0.5) is 0 Å². The van der Waals surface area contributed by atoms with Crippen LogP contribution in [0.15, 0.2) is 4.79 Å². The van der Waals surface area contributed by atoms with Gasteiger partial charge in [-0.3, -0.25) is 4.79 Å². The van der Waals surface area contributed by atoms with Crippen molar-refractivity contribution in [2.24, 2.45) is 5.92 Å². The van der Waals surface area contributed by atoms with E-state index in [1.807, 2.05) is 13.8 Å². The fraction of sp³-hybridized carbons (Fsp3) is 0.733. The second kappa shape index (κ2) is 5.87. The molecule has 0 bridgehead atoms. The Morgan fingerprint density at radius 2 is 1.89 bits per heavy atom. The highest BCUT2D eigenvalue weighted by atomic mass is 16.1. The van der Waals surface area contributed by atoms with Crippen molar-refractivity contribution in [3.63, 3.8) is 0 Å². The first-order valence-electron chi connectivity index (χ1n) is 7.31. The van der Waals surface area contributed by atoms with Gasteiger partial charge in [0.1, 0.15) is 5.82 Å². The number of nitrogens with one attached hydrogen (secondary N) is 2. The molecule has 106 valence electrons. The van der Waals surface area contributed by atoms with Crippen molar-refractivity contribution >= 4 is 0 Å². The molecule has 2 rings (SSSR count). The molecule has 1 heterocycles. The van der Waals surface area contributed by atoms with Crippen molar-refractivity contribution in [1.29, 1.82) is 0 Å². The molecule has 0 amide bonds. The summed E-state index contributed by atoms with van der Waals surface area (Å²) in [6, 6.07) is 0.599. The molecule has 2 N–H and O–H groups in total. The van der Waals surface area contributed by atoms with E-state index in [9.17, 15) is 4.79 Å². The molecule has 0 spiro atoms. The predicted molar refractivity (Wildman–Crippen MR) is 77.3 cm³/mol. The molecule has 0 aromatic carbocycles. The van der Waals surface area contributed by atoms with Crippen LogP contribution in [0.25, 0.3) is 0 Å². The van der Waals surface area contributed by atoms with Crippen LogP contribution in [0.2, 0.25) is 0 Å². The van der Waals surface area contributed by atoms with E-state index in [-0.39, 0.29) is 11.6 Å². The molecule has 19 heavy (non-hydrogen) atoms. The van der Waals surface area contributed by atoms with Gasteiger partial charge in [0.2, 0.25) is 0 Å². The number of hydrogen-bond donors (Lipinski definition) is 2. The SMILES string of the molecule is Cc1nc(C)c(C(C)NC2CCC(C)CC2)c(=O)[nH]1. The van der Waals surface area contributed by atoms with Crippen LogP contribution in [0.1, 0.15) is 62.7 Å². The van der Waals surface area contributed by atoms with Crippen LogP contribution >= 0.6 is 0 Å². The number of rotatable bonds is 3. The molecule has 1 aromatic rings. The molecule has 1 unspecified atom stereocenters. The van der Waals surface area contributed by atoms with Crippen molar-refractivity contribution in [1.82, 2.24) is 15.3 Å². The average Bonchev–Trinajstić information content (AvgIpc) is 2.30. The largest absolute Gasteiger partial charge is 0.310 e. The number of hydrogen-bond acceptors (Lipinski definition) is 3. The number of H-pyrrole nitrogens is 1. The standard InChI is InChI=1S/C15H25N3O/c1-9-5-7-13(8-6-9)17-11(3)14-10(2)16-12(4)18-15(14)19/h9,11,13,17H,5-8H2,1-4H3,(H,16,18,19).